The molecular formula is C9H10N4. The van der Waals surface area contributed by atoms with Crippen LogP contribution in [-0.2, 0) is 0 Å². The summed E-state index contributed by atoms with van der Waals surface area (Å²) in [6.45, 7) is 0. The Morgan fingerprint density at radius 2 is 2.00 bits per heavy atom. The van der Waals surface area contributed by atoms with Crippen LogP contribution in [-0.4, -0.2) is 9.97 Å². The van der Waals surface area contributed by atoms with Crippen LogP contribution in [0.3, 0.4) is 0 Å². The maximum Gasteiger partial charge on any atom is 0.137 e. The largest absolute Gasteiger partial charge is 0.397 e. The minimum Gasteiger partial charge on any atom is -0.397 e. The van der Waals surface area contributed by atoms with Gasteiger partial charge in [0.15, 0.2) is 0 Å². The summed E-state index contributed by atoms with van der Waals surface area (Å²) in [7, 11) is 0. The Labute approximate surface area is 75.6 Å². The van der Waals surface area contributed by atoms with Gasteiger partial charge in [0, 0.05) is 18.0 Å². The molecule has 66 valence electrons. The molecule has 1 aromatic heterocycles. The molecule has 4 heteroatoms. The van der Waals surface area contributed by atoms with Crippen molar-refractivity contribution in [3.63, 3.8) is 0 Å². The van der Waals surface area contributed by atoms with E-state index in [1.165, 1.54) is 0 Å². The van der Waals surface area contributed by atoms with Gasteiger partial charge in [0.2, 0.25) is 0 Å². The fourth-order valence-corrected chi connectivity index (χ4v) is 1.15. The van der Waals surface area contributed by atoms with Gasteiger partial charge in [-0.1, -0.05) is 0 Å². The molecular weight excluding hydrogens is 164 g/mol. The lowest BCUT2D eigenvalue weighted by molar-refractivity contribution is 1.31. The number of rotatable bonds is 1. The van der Waals surface area contributed by atoms with Crippen LogP contribution < -0.4 is 11.5 Å². The van der Waals surface area contributed by atoms with Gasteiger partial charge in [-0.05, 0) is 18.2 Å². The van der Waals surface area contributed by atoms with Gasteiger partial charge in [-0.3, -0.25) is 0 Å². The van der Waals surface area contributed by atoms with E-state index in [0.717, 1.165) is 11.4 Å². The van der Waals surface area contributed by atoms with Crippen LogP contribution in [0.1, 0.15) is 0 Å². The molecule has 0 saturated carbocycles. The number of anilines is 2. The Balaban J connectivity index is 2.49. The van der Waals surface area contributed by atoms with Crippen LogP contribution in [0, 0.1) is 0 Å². The second-order valence-corrected chi connectivity index (χ2v) is 2.78. The lowest BCUT2D eigenvalue weighted by Crippen LogP contribution is -1.94. The van der Waals surface area contributed by atoms with Crippen molar-refractivity contribution in [2.45, 2.75) is 0 Å². The molecule has 0 saturated heterocycles. The first-order chi connectivity index (χ1) is 6.27. The van der Waals surface area contributed by atoms with E-state index < -0.39 is 0 Å². The number of imidazole rings is 1. The van der Waals surface area contributed by atoms with Crippen molar-refractivity contribution in [1.82, 2.24) is 9.97 Å². The molecule has 0 spiro atoms. The minimum atomic E-state index is 0.578. The first-order valence-electron chi connectivity index (χ1n) is 3.92. The second kappa shape index (κ2) is 2.82. The Morgan fingerprint density at radius 3 is 2.62 bits per heavy atom. The Kier molecular flexibility index (Phi) is 1.66. The van der Waals surface area contributed by atoms with E-state index in [9.17, 15) is 0 Å². The van der Waals surface area contributed by atoms with Crippen molar-refractivity contribution in [1.29, 1.82) is 0 Å². The summed E-state index contributed by atoms with van der Waals surface area (Å²) in [6, 6.07) is 5.45. The highest BCUT2D eigenvalue weighted by atomic mass is 14.9. The number of hydrogen-bond acceptors (Lipinski definition) is 3. The summed E-state index contributed by atoms with van der Waals surface area (Å²) in [6.07, 6.45) is 3.46. The van der Waals surface area contributed by atoms with E-state index in [-0.39, 0.29) is 0 Å². The molecule has 0 amide bonds. The zero-order valence-electron chi connectivity index (χ0n) is 6.99. The third kappa shape index (κ3) is 1.33. The van der Waals surface area contributed by atoms with Crippen molar-refractivity contribution >= 4 is 11.4 Å². The average molecular weight is 174 g/mol. The lowest BCUT2D eigenvalue weighted by Gasteiger charge is -2.01. The summed E-state index contributed by atoms with van der Waals surface area (Å²) in [5.74, 6) is 0.798. The molecule has 0 aliphatic heterocycles. The van der Waals surface area contributed by atoms with Crippen LogP contribution in [0.15, 0.2) is 30.6 Å². The maximum atomic E-state index is 5.66. The number of nitrogens with zero attached hydrogens (tertiary/aromatic N) is 1. The van der Waals surface area contributed by atoms with Crippen LogP contribution in [0.5, 0.6) is 0 Å². The summed E-state index contributed by atoms with van der Waals surface area (Å²) < 4.78 is 0. The van der Waals surface area contributed by atoms with Crippen molar-refractivity contribution in [2.24, 2.45) is 0 Å². The van der Waals surface area contributed by atoms with E-state index in [4.69, 9.17) is 11.5 Å². The van der Waals surface area contributed by atoms with E-state index in [0.29, 0.717) is 11.4 Å². The van der Waals surface area contributed by atoms with Crippen LogP contribution in [0.4, 0.5) is 11.4 Å². The molecule has 0 fully saturated rings. The van der Waals surface area contributed by atoms with Crippen molar-refractivity contribution in [3.05, 3.63) is 30.6 Å². The molecule has 0 atom stereocenters. The monoisotopic (exact) mass is 174 g/mol. The number of nitrogens with two attached hydrogens (primary N) is 2. The zero-order valence-corrected chi connectivity index (χ0v) is 6.99. The Hall–Kier alpha value is -1.97. The molecule has 2 rings (SSSR count). The van der Waals surface area contributed by atoms with Gasteiger partial charge < -0.3 is 16.5 Å². The first-order valence-corrected chi connectivity index (χ1v) is 3.92. The van der Waals surface area contributed by atoms with Gasteiger partial charge >= 0.3 is 0 Å². The number of benzene rings is 1. The maximum absolute atomic E-state index is 5.66. The number of H-pyrrole nitrogens is 1. The zero-order chi connectivity index (χ0) is 9.26. The fraction of sp³-hybridized carbons (Fsp3) is 0. The smallest absolute Gasteiger partial charge is 0.137 e. The summed E-state index contributed by atoms with van der Waals surface area (Å²) >= 11 is 0. The molecule has 1 aromatic carbocycles. The molecule has 1 heterocycles. The summed E-state index contributed by atoms with van der Waals surface area (Å²) in [5.41, 5.74) is 13.4. The van der Waals surface area contributed by atoms with Gasteiger partial charge in [-0.25, -0.2) is 4.98 Å². The molecule has 0 aliphatic rings. The molecule has 0 bridgehead atoms. The van der Waals surface area contributed by atoms with Gasteiger partial charge in [0.05, 0.1) is 11.4 Å². The van der Waals surface area contributed by atoms with Gasteiger partial charge in [-0.15, -0.1) is 0 Å². The highest BCUT2D eigenvalue weighted by molar-refractivity contribution is 5.71. The van der Waals surface area contributed by atoms with E-state index in [1.54, 1.807) is 24.5 Å². The topological polar surface area (TPSA) is 80.7 Å². The molecule has 0 unspecified atom stereocenters. The third-order valence-electron chi connectivity index (χ3n) is 1.86. The third-order valence-corrected chi connectivity index (χ3v) is 1.86. The van der Waals surface area contributed by atoms with Crippen LogP contribution in [0.25, 0.3) is 11.4 Å². The molecule has 0 aliphatic carbocycles. The highest BCUT2D eigenvalue weighted by Crippen LogP contribution is 2.22. The SMILES string of the molecule is Nc1ccc(-c2ncc[nH]2)cc1N. The van der Waals surface area contributed by atoms with Gasteiger partial charge in [-0.2, -0.15) is 0 Å². The molecule has 13 heavy (non-hydrogen) atoms. The predicted molar refractivity (Wildman–Crippen MR) is 52.8 cm³/mol. The number of aromatic amines is 1. The van der Waals surface area contributed by atoms with E-state index >= 15 is 0 Å². The predicted octanol–water partition coefficient (Wildman–Crippen LogP) is 1.24. The minimum absolute atomic E-state index is 0.578. The number of aromatic nitrogens is 2. The first kappa shape index (κ1) is 7.67. The van der Waals surface area contributed by atoms with Crippen LogP contribution in [0.2, 0.25) is 0 Å². The van der Waals surface area contributed by atoms with Crippen molar-refractivity contribution < 1.29 is 0 Å². The van der Waals surface area contributed by atoms with E-state index in [1.807, 2.05) is 6.07 Å². The lowest BCUT2D eigenvalue weighted by atomic mass is 10.1. The molecule has 4 nitrogen and oxygen atoms in total. The quantitative estimate of drug-likeness (QED) is 0.569. The second-order valence-electron chi connectivity index (χ2n) is 2.78. The number of nitrogen functional groups attached to an aromatic ring is 2. The number of hydrogen-bond donors (Lipinski definition) is 3. The van der Waals surface area contributed by atoms with Crippen molar-refractivity contribution in [3.8, 4) is 11.4 Å². The van der Waals surface area contributed by atoms with Gasteiger partial charge in [0.1, 0.15) is 5.82 Å². The van der Waals surface area contributed by atoms with Crippen molar-refractivity contribution in [2.75, 3.05) is 11.5 Å². The standard InChI is InChI=1S/C9H10N4/c10-7-2-1-6(5-8(7)11)9-12-3-4-13-9/h1-5H,10-11H2,(H,12,13). The fourth-order valence-electron chi connectivity index (χ4n) is 1.15. The molecule has 0 radical (unpaired) electrons. The highest BCUT2D eigenvalue weighted by Gasteiger charge is 2.01. The van der Waals surface area contributed by atoms with Crippen LogP contribution >= 0.6 is 0 Å². The number of nitrogens with one attached hydrogen (secondary N) is 1. The average Bonchev–Trinajstić information content (AvgIpc) is 2.62. The molecule has 5 N–H and O–H groups in total. The van der Waals surface area contributed by atoms with E-state index in [2.05, 4.69) is 9.97 Å². The molecule has 2 aromatic rings. The normalized spacial score (nSPS) is 10.2. The Morgan fingerprint density at radius 1 is 1.15 bits per heavy atom. The summed E-state index contributed by atoms with van der Waals surface area (Å²) in [5, 5.41) is 0. The van der Waals surface area contributed by atoms with Gasteiger partial charge in [0.25, 0.3) is 0 Å². The summed E-state index contributed by atoms with van der Waals surface area (Å²) in [4.78, 5) is 7.10. The Bertz CT molecular complexity index is 406.